The Kier molecular flexibility index (Phi) is 5.35. The summed E-state index contributed by atoms with van der Waals surface area (Å²) in [5.41, 5.74) is 1.23. The zero-order chi connectivity index (χ0) is 16.1. The van der Waals surface area contributed by atoms with E-state index in [1.807, 2.05) is 17.6 Å². The quantitative estimate of drug-likeness (QED) is 0.841. The van der Waals surface area contributed by atoms with Crippen LogP contribution >= 0.6 is 11.3 Å². The minimum atomic E-state index is 0.846. The van der Waals surface area contributed by atoms with Gasteiger partial charge >= 0.3 is 0 Å². The van der Waals surface area contributed by atoms with Crippen LogP contribution in [-0.2, 0) is 6.54 Å². The largest absolute Gasteiger partial charge is 0.497 e. The predicted octanol–water partition coefficient (Wildman–Crippen LogP) is 2.87. The summed E-state index contributed by atoms with van der Waals surface area (Å²) in [6.45, 7) is 5.15. The first-order chi connectivity index (χ1) is 11.3. The van der Waals surface area contributed by atoms with Crippen LogP contribution in [-0.4, -0.2) is 50.3 Å². The fourth-order valence-electron chi connectivity index (χ4n) is 2.91. The summed E-state index contributed by atoms with van der Waals surface area (Å²) in [6.07, 6.45) is 3.03. The number of ether oxygens (including phenoxy) is 2. The minimum absolute atomic E-state index is 0.846. The lowest BCUT2D eigenvalue weighted by Crippen LogP contribution is -2.30. The molecule has 0 atom stereocenters. The topological polar surface area (TPSA) is 37.8 Å². The lowest BCUT2D eigenvalue weighted by molar-refractivity contribution is 0.284. The van der Waals surface area contributed by atoms with Crippen molar-refractivity contribution in [2.24, 2.45) is 0 Å². The van der Waals surface area contributed by atoms with Gasteiger partial charge in [0.1, 0.15) is 11.5 Å². The fourth-order valence-corrected chi connectivity index (χ4v) is 3.61. The Morgan fingerprint density at radius 3 is 2.48 bits per heavy atom. The molecule has 1 aromatic carbocycles. The molecule has 1 aliphatic heterocycles. The number of aromatic nitrogens is 1. The molecule has 0 radical (unpaired) electrons. The lowest BCUT2D eigenvalue weighted by Gasteiger charge is -2.22. The maximum absolute atomic E-state index is 5.36. The van der Waals surface area contributed by atoms with E-state index in [0.717, 1.165) is 55.8 Å². The van der Waals surface area contributed by atoms with E-state index in [-0.39, 0.29) is 0 Å². The zero-order valence-corrected chi connectivity index (χ0v) is 14.5. The number of benzene rings is 1. The molecule has 6 heteroatoms. The first kappa shape index (κ1) is 16.1. The number of methoxy groups -OCH3 is 2. The lowest BCUT2D eigenvalue weighted by atomic mass is 10.2. The van der Waals surface area contributed by atoms with E-state index in [0.29, 0.717) is 0 Å². The van der Waals surface area contributed by atoms with Crippen LogP contribution in [0, 0.1) is 0 Å². The van der Waals surface area contributed by atoms with Gasteiger partial charge in [-0.3, -0.25) is 4.90 Å². The van der Waals surface area contributed by atoms with Crippen molar-refractivity contribution in [1.29, 1.82) is 0 Å². The second-order valence-electron chi connectivity index (χ2n) is 5.65. The Labute approximate surface area is 141 Å². The first-order valence-corrected chi connectivity index (χ1v) is 8.75. The highest BCUT2D eigenvalue weighted by Gasteiger charge is 2.17. The highest BCUT2D eigenvalue weighted by molar-refractivity contribution is 7.13. The van der Waals surface area contributed by atoms with E-state index < -0.39 is 0 Å². The van der Waals surface area contributed by atoms with Crippen LogP contribution in [0.5, 0.6) is 11.5 Å². The molecule has 2 heterocycles. The van der Waals surface area contributed by atoms with Crippen molar-refractivity contribution in [3.05, 3.63) is 35.3 Å². The van der Waals surface area contributed by atoms with Gasteiger partial charge in [-0.25, -0.2) is 4.98 Å². The molecule has 0 spiro atoms. The average Bonchev–Trinajstić information content (AvgIpc) is 3.02. The molecule has 0 bridgehead atoms. The van der Waals surface area contributed by atoms with Crippen molar-refractivity contribution >= 4 is 16.5 Å². The number of hydrogen-bond donors (Lipinski definition) is 0. The summed E-state index contributed by atoms with van der Waals surface area (Å²) in [7, 11) is 3.38. The molecule has 0 unspecified atom stereocenters. The average molecular weight is 333 g/mol. The molecule has 0 amide bonds. The van der Waals surface area contributed by atoms with E-state index in [4.69, 9.17) is 9.47 Å². The van der Waals surface area contributed by atoms with Crippen LogP contribution in [0.25, 0.3) is 0 Å². The summed E-state index contributed by atoms with van der Waals surface area (Å²) in [5.74, 6) is 1.69. The third-order valence-electron chi connectivity index (χ3n) is 4.10. The third-order valence-corrected chi connectivity index (χ3v) is 4.93. The fraction of sp³-hybridized carbons (Fsp3) is 0.471. The minimum Gasteiger partial charge on any atom is -0.497 e. The van der Waals surface area contributed by atoms with Gasteiger partial charge in [0, 0.05) is 50.4 Å². The number of hydrogen-bond acceptors (Lipinski definition) is 6. The monoisotopic (exact) mass is 333 g/mol. The van der Waals surface area contributed by atoms with Gasteiger partial charge in [0.25, 0.3) is 0 Å². The number of thiazole rings is 1. The first-order valence-electron chi connectivity index (χ1n) is 7.87. The van der Waals surface area contributed by atoms with Crippen molar-refractivity contribution in [3.8, 4) is 11.5 Å². The van der Waals surface area contributed by atoms with Crippen molar-refractivity contribution in [2.75, 3.05) is 45.3 Å². The molecular weight excluding hydrogens is 310 g/mol. The van der Waals surface area contributed by atoms with Crippen molar-refractivity contribution < 1.29 is 9.47 Å². The van der Waals surface area contributed by atoms with Crippen LogP contribution in [0.2, 0.25) is 0 Å². The van der Waals surface area contributed by atoms with Gasteiger partial charge < -0.3 is 14.4 Å². The normalized spacial score (nSPS) is 16.2. The van der Waals surface area contributed by atoms with Gasteiger partial charge in [-0.15, -0.1) is 11.3 Å². The molecular formula is C17H23N3O2S. The van der Waals surface area contributed by atoms with E-state index >= 15 is 0 Å². The van der Waals surface area contributed by atoms with Gasteiger partial charge in [-0.1, -0.05) is 0 Å². The molecule has 124 valence electrons. The van der Waals surface area contributed by atoms with Crippen molar-refractivity contribution in [1.82, 2.24) is 9.88 Å². The second-order valence-corrected chi connectivity index (χ2v) is 6.53. The maximum atomic E-state index is 5.36. The summed E-state index contributed by atoms with van der Waals surface area (Å²) in [6, 6.07) is 6.09. The molecule has 0 N–H and O–H groups in total. The number of anilines is 1. The summed E-state index contributed by atoms with van der Waals surface area (Å²) < 4.78 is 10.7. The standard InChI is InChI=1S/C17H23N3O2S/c1-21-15-10-14(11-16(12-15)22-2)13-19-5-3-6-20(8-7-19)17-18-4-9-23-17/h4,9-12H,3,5-8,13H2,1-2H3. The van der Waals surface area contributed by atoms with Crippen LogP contribution in [0.3, 0.4) is 0 Å². The van der Waals surface area contributed by atoms with Gasteiger partial charge in [0.2, 0.25) is 0 Å². The van der Waals surface area contributed by atoms with E-state index in [9.17, 15) is 0 Å². The molecule has 23 heavy (non-hydrogen) atoms. The maximum Gasteiger partial charge on any atom is 0.185 e. The predicted molar refractivity (Wildman–Crippen MR) is 93.8 cm³/mol. The molecule has 1 aromatic heterocycles. The Hall–Kier alpha value is -1.79. The van der Waals surface area contributed by atoms with E-state index in [1.165, 1.54) is 5.56 Å². The molecule has 1 aliphatic rings. The van der Waals surface area contributed by atoms with Gasteiger partial charge in [0.05, 0.1) is 14.2 Å². The third kappa shape index (κ3) is 4.14. The molecule has 0 saturated carbocycles. The SMILES string of the molecule is COc1cc(CN2CCCN(c3nccs3)CC2)cc(OC)c1. The molecule has 1 fully saturated rings. The summed E-state index contributed by atoms with van der Waals surface area (Å²) >= 11 is 1.72. The summed E-state index contributed by atoms with van der Waals surface area (Å²) in [5, 5.41) is 3.18. The molecule has 1 saturated heterocycles. The van der Waals surface area contributed by atoms with E-state index in [2.05, 4.69) is 26.9 Å². The van der Waals surface area contributed by atoms with Gasteiger partial charge in [0.15, 0.2) is 5.13 Å². The van der Waals surface area contributed by atoms with Crippen LogP contribution in [0.15, 0.2) is 29.8 Å². The molecule has 2 aromatic rings. The Morgan fingerprint density at radius 1 is 1.04 bits per heavy atom. The van der Waals surface area contributed by atoms with Crippen molar-refractivity contribution in [2.45, 2.75) is 13.0 Å². The number of rotatable bonds is 5. The number of nitrogens with zero attached hydrogens (tertiary/aromatic N) is 3. The highest BCUT2D eigenvalue weighted by Crippen LogP contribution is 2.24. The molecule has 5 nitrogen and oxygen atoms in total. The van der Waals surface area contributed by atoms with Crippen molar-refractivity contribution in [3.63, 3.8) is 0 Å². The highest BCUT2D eigenvalue weighted by atomic mass is 32.1. The van der Waals surface area contributed by atoms with Gasteiger partial charge in [-0.05, 0) is 24.1 Å². The molecule has 0 aliphatic carbocycles. The Morgan fingerprint density at radius 2 is 1.83 bits per heavy atom. The smallest absolute Gasteiger partial charge is 0.185 e. The van der Waals surface area contributed by atoms with Crippen LogP contribution < -0.4 is 14.4 Å². The van der Waals surface area contributed by atoms with E-state index in [1.54, 1.807) is 25.6 Å². The van der Waals surface area contributed by atoms with Crippen LogP contribution in [0.4, 0.5) is 5.13 Å². The molecule has 3 rings (SSSR count). The van der Waals surface area contributed by atoms with Crippen LogP contribution in [0.1, 0.15) is 12.0 Å². The Balaban J connectivity index is 1.64. The van der Waals surface area contributed by atoms with Gasteiger partial charge in [-0.2, -0.15) is 0 Å². The Bertz CT molecular complexity index is 596. The summed E-state index contributed by atoms with van der Waals surface area (Å²) in [4.78, 5) is 9.30. The zero-order valence-electron chi connectivity index (χ0n) is 13.7. The second kappa shape index (κ2) is 7.66.